The second-order valence-corrected chi connectivity index (χ2v) is 10.5. The molecule has 1 aromatic rings. The Labute approximate surface area is 188 Å². The molecule has 1 saturated carbocycles. The van der Waals surface area contributed by atoms with E-state index in [-0.39, 0.29) is 30.7 Å². The minimum absolute atomic E-state index is 0.000419. The van der Waals surface area contributed by atoms with Gasteiger partial charge in [-0.3, -0.25) is 9.59 Å². The molecule has 4 rings (SSSR count). The standard InChI is InChI=1S/C22H35N5O5/c1-22(2,3)19(27-10-16(24-25-27)13-4-5-13)21(31)26-9-15(28)8-17(26)20(30)23-7-6-14-11-32-12-18(14)29/h10,13-15,17-19,28-29H,4-9,11-12H2,1-3H3,(H,23,30)/t14-,15-,17+,18-,19-/m1/s1. The van der Waals surface area contributed by atoms with Crippen LogP contribution in [0, 0.1) is 11.3 Å². The Morgan fingerprint density at radius 1 is 1.28 bits per heavy atom. The first-order valence-electron chi connectivity index (χ1n) is 11.6. The minimum atomic E-state index is -0.752. The number of β-amino-alcohol motifs (C(OH)–C–C–N with tert-alkyl or cyclic N) is 1. The van der Waals surface area contributed by atoms with Crippen LogP contribution in [0.1, 0.15) is 64.1 Å². The first-order chi connectivity index (χ1) is 15.1. The third-order valence-corrected chi connectivity index (χ3v) is 6.69. The normalized spacial score (nSPS) is 29.3. The van der Waals surface area contributed by atoms with Crippen LogP contribution < -0.4 is 5.32 Å². The van der Waals surface area contributed by atoms with Crippen molar-refractivity contribution in [3.8, 4) is 0 Å². The van der Waals surface area contributed by atoms with Gasteiger partial charge in [0.2, 0.25) is 11.8 Å². The molecule has 1 aromatic heterocycles. The Morgan fingerprint density at radius 2 is 2.03 bits per heavy atom. The predicted molar refractivity (Wildman–Crippen MR) is 115 cm³/mol. The van der Waals surface area contributed by atoms with E-state index in [1.54, 1.807) is 4.68 Å². The van der Waals surface area contributed by atoms with E-state index in [1.807, 2.05) is 27.0 Å². The van der Waals surface area contributed by atoms with Crippen LogP contribution >= 0.6 is 0 Å². The van der Waals surface area contributed by atoms with Crippen LogP contribution in [0.5, 0.6) is 0 Å². The Morgan fingerprint density at radius 3 is 2.66 bits per heavy atom. The smallest absolute Gasteiger partial charge is 0.248 e. The molecule has 0 spiro atoms. The van der Waals surface area contributed by atoms with Crippen LogP contribution in [0.4, 0.5) is 0 Å². The molecule has 1 aliphatic carbocycles. The summed E-state index contributed by atoms with van der Waals surface area (Å²) in [6.45, 7) is 7.20. The Balaban J connectivity index is 1.44. The van der Waals surface area contributed by atoms with Crippen molar-refractivity contribution in [1.29, 1.82) is 0 Å². The molecule has 3 N–H and O–H groups in total. The van der Waals surface area contributed by atoms with Crippen LogP contribution in [-0.4, -0.2) is 86.5 Å². The van der Waals surface area contributed by atoms with Gasteiger partial charge in [-0.2, -0.15) is 0 Å². The van der Waals surface area contributed by atoms with Gasteiger partial charge in [0, 0.05) is 37.5 Å². The van der Waals surface area contributed by atoms with Gasteiger partial charge < -0.3 is 25.2 Å². The summed E-state index contributed by atoms with van der Waals surface area (Å²) in [6, 6.07) is -1.37. The van der Waals surface area contributed by atoms with Crippen molar-refractivity contribution >= 4 is 11.8 Å². The van der Waals surface area contributed by atoms with E-state index in [1.165, 1.54) is 4.90 Å². The molecule has 0 bridgehead atoms. The maximum absolute atomic E-state index is 13.7. The average molecular weight is 450 g/mol. The lowest BCUT2D eigenvalue weighted by atomic mass is 9.85. The van der Waals surface area contributed by atoms with Crippen LogP contribution in [-0.2, 0) is 14.3 Å². The van der Waals surface area contributed by atoms with E-state index in [2.05, 4.69) is 15.6 Å². The molecular formula is C22H35N5O5. The zero-order valence-corrected chi connectivity index (χ0v) is 19.1. The third kappa shape index (κ3) is 4.97. The molecule has 0 radical (unpaired) electrons. The fourth-order valence-electron chi connectivity index (χ4n) is 4.69. The molecule has 3 fully saturated rings. The van der Waals surface area contributed by atoms with Gasteiger partial charge >= 0.3 is 0 Å². The molecule has 2 aliphatic heterocycles. The van der Waals surface area contributed by atoms with Crippen molar-refractivity contribution in [1.82, 2.24) is 25.2 Å². The first-order valence-corrected chi connectivity index (χ1v) is 11.6. The number of aliphatic hydroxyl groups is 2. The number of nitrogens with one attached hydrogen (secondary N) is 1. The van der Waals surface area contributed by atoms with Gasteiger partial charge in [-0.1, -0.05) is 26.0 Å². The van der Waals surface area contributed by atoms with Gasteiger partial charge in [-0.05, 0) is 24.7 Å². The second kappa shape index (κ2) is 9.07. The summed E-state index contributed by atoms with van der Waals surface area (Å²) in [5.41, 5.74) is 0.444. The highest BCUT2D eigenvalue weighted by molar-refractivity contribution is 5.90. The zero-order valence-electron chi connectivity index (χ0n) is 19.1. The molecule has 10 nitrogen and oxygen atoms in total. The highest BCUT2D eigenvalue weighted by Crippen LogP contribution is 2.40. The quantitative estimate of drug-likeness (QED) is 0.543. The lowest BCUT2D eigenvalue weighted by molar-refractivity contribution is -0.144. The topological polar surface area (TPSA) is 130 Å². The average Bonchev–Trinajstić information content (AvgIpc) is 3.11. The van der Waals surface area contributed by atoms with Crippen LogP contribution in [0.3, 0.4) is 0 Å². The lowest BCUT2D eigenvalue weighted by Gasteiger charge is -2.34. The number of likely N-dealkylation sites (tertiary alicyclic amines) is 1. The Kier molecular flexibility index (Phi) is 6.56. The van der Waals surface area contributed by atoms with E-state index >= 15 is 0 Å². The molecule has 32 heavy (non-hydrogen) atoms. The van der Waals surface area contributed by atoms with Gasteiger partial charge in [0.15, 0.2) is 0 Å². The summed E-state index contributed by atoms with van der Waals surface area (Å²) < 4.78 is 6.87. The number of carbonyl (C=O) groups is 2. The summed E-state index contributed by atoms with van der Waals surface area (Å²) >= 11 is 0. The summed E-state index contributed by atoms with van der Waals surface area (Å²) in [6.07, 6.45) is 3.58. The number of amides is 2. The fraction of sp³-hybridized carbons (Fsp3) is 0.818. The van der Waals surface area contributed by atoms with Crippen molar-refractivity contribution in [3.05, 3.63) is 11.9 Å². The van der Waals surface area contributed by atoms with E-state index in [0.717, 1.165) is 18.5 Å². The predicted octanol–water partition coefficient (Wildman–Crippen LogP) is 0.218. The molecule has 10 heteroatoms. The van der Waals surface area contributed by atoms with Crippen molar-refractivity contribution in [2.24, 2.45) is 11.3 Å². The SMILES string of the molecule is CC(C)(C)[C@@H](C(=O)N1C[C@H](O)C[C@H]1C(=O)NCC[C@@H]1COC[C@H]1O)n1cc(C2CC2)nn1. The molecule has 5 atom stereocenters. The van der Waals surface area contributed by atoms with Gasteiger partial charge in [0.25, 0.3) is 0 Å². The van der Waals surface area contributed by atoms with E-state index in [9.17, 15) is 19.8 Å². The van der Waals surface area contributed by atoms with E-state index in [4.69, 9.17) is 4.74 Å². The number of nitrogens with zero attached hydrogens (tertiary/aromatic N) is 4. The molecule has 2 saturated heterocycles. The molecular weight excluding hydrogens is 414 g/mol. The van der Waals surface area contributed by atoms with Gasteiger partial charge in [-0.15, -0.1) is 5.10 Å². The number of ether oxygens (including phenoxy) is 1. The molecule has 3 aliphatic rings. The number of aliphatic hydroxyl groups excluding tert-OH is 2. The molecule has 0 unspecified atom stereocenters. The third-order valence-electron chi connectivity index (χ3n) is 6.69. The van der Waals surface area contributed by atoms with Gasteiger partial charge in [-0.25, -0.2) is 4.68 Å². The van der Waals surface area contributed by atoms with E-state index in [0.29, 0.717) is 32.1 Å². The molecule has 2 amide bonds. The zero-order chi connectivity index (χ0) is 23.0. The maximum Gasteiger partial charge on any atom is 0.248 e. The largest absolute Gasteiger partial charge is 0.391 e. The fourth-order valence-corrected chi connectivity index (χ4v) is 4.69. The number of hydrogen-bond acceptors (Lipinski definition) is 7. The Hall–Kier alpha value is -2.04. The van der Waals surface area contributed by atoms with Crippen molar-refractivity contribution in [3.63, 3.8) is 0 Å². The summed E-state index contributed by atoms with van der Waals surface area (Å²) in [5.74, 6) is -0.0925. The monoisotopic (exact) mass is 449 g/mol. The second-order valence-electron chi connectivity index (χ2n) is 10.5. The maximum atomic E-state index is 13.7. The highest BCUT2D eigenvalue weighted by atomic mass is 16.5. The van der Waals surface area contributed by atoms with Crippen molar-refractivity contribution < 1.29 is 24.5 Å². The van der Waals surface area contributed by atoms with Crippen LogP contribution in [0.25, 0.3) is 0 Å². The number of aromatic nitrogens is 3. The molecule has 178 valence electrons. The summed E-state index contributed by atoms with van der Waals surface area (Å²) in [7, 11) is 0. The minimum Gasteiger partial charge on any atom is -0.391 e. The van der Waals surface area contributed by atoms with Gasteiger partial charge in [0.05, 0.1) is 31.1 Å². The number of rotatable bonds is 7. The van der Waals surface area contributed by atoms with Crippen molar-refractivity contribution in [2.45, 2.75) is 76.7 Å². The first kappa shape index (κ1) is 23.1. The van der Waals surface area contributed by atoms with Crippen LogP contribution in [0.15, 0.2) is 6.20 Å². The lowest BCUT2D eigenvalue weighted by Crippen LogP contribution is -2.50. The summed E-state index contributed by atoms with van der Waals surface area (Å²) in [4.78, 5) is 28.1. The molecule has 3 heterocycles. The Bertz CT molecular complexity index is 833. The van der Waals surface area contributed by atoms with Crippen LogP contribution in [0.2, 0.25) is 0 Å². The highest BCUT2D eigenvalue weighted by Gasteiger charge is 2.45. The van der Waals surface area contributed by atoms with Crippen molar-refractivity contribution in [2.75, 3.05) is 26.3 Å². The molecule has 0 aromatic carbocycles. The van der Waals surface area contributed by atoms with Gasteiger partial charge in [0.1, 0.15) is 12.1 Å². The number of hydrogen-bond donors (Lipinski definition) is 3. The number of carbonyl (C=O) groups excluding carboxylic acids is 2. The summed E-state index contributed by atoms with van der Waals surface area (Å²) in [5, 5.41) is 31.5. The van der Waals surface area contributed by atoms with E-state index < -0.39 is 29.7 Å².